The molecule has 162 valence electrons. The molecule has 1 aliphatic heterocycles. The molecule has 7 heteroatoms. The molecular weight excluding hydrogens is 373 g/mol. The molecule has 0 spiro atoms. The van der Waals surface area contributed by atoms with Gasteiger partial charge in [0.15, 0.2) is 5.75 Å². The monoisotopic (exact) mass is 407 g/mol. The highest BCUT2D eigenvalue weighted by molar-refractivity contribution is 5.84. The lowest BCUT2D eigenvalue weighted by Crippen LogP contribution is -2.37. The zero-order valence-corrected chi connectivity index (χ0v) is 17.7. The molecule has 1 aromatic carbocycles. The molecule has 0 radical (unpaired) electrons. The highest BCUT2D eigenvalue weighted by atomic mass is 19.1. The van der Waals surface area contributed by atoms with E-state index in [2.05, 4.69) is 17.3 Å². The Morgan fingerprint density at radius 2 is 2.24 bits per heavy atom. The number of nitrogens with zero attached hydrogens (tertiary/aromatic N) is 1. The molecule has 6 nitrogen and oxygen atoms in total. The molecule has 0 saturated carbocycles. The van der Waals surface area contributed by atoms with Gasteiger partial charge in [0.05, 0.1) is 6.61 Å². The molecule has 1 atom stereocenters. The van der Waals surface area contributed by atoms with E-state index < -0.39 is 5.67 Å². The van der Waals surface area contributed by atoms with Crippen LogP contribution in [0.15, 0.2) is 24.3 Å². The summed E-state index contributed by atoms with van der Waals surface area (Å²) >= 11 is 0. The lowest BCUT2D eigenvalue weighted by Gasteiger charge is -2.32. The number of halogens is 1. The Bertz CT molecular complexity index is 688. The number of fused-ring (bicyclic) bond motifs is 1. The summed E-state index contributed by atoms with van der Waals surface area (Å²) in [4.78, 5) is 7.81. The topological polar surface area (TPSA) is 77.8 Å². The van der Waals surface area contributed by atoms with Crippen LogP contribution >= 0.6 is 0 Å². The van der Waals surface area contributed by atoms with Gasteiger partial charge in [-0.05, 0) is 50.5 Å². The molecule has 1 heterocycles. The van der Waals surface area contributed by atoms with Gasteiger partial charge in [0.25, 0.3) is 0 Å². The van der Waals surface area contributed by atoms with Crippen molar-refractivity contribution in [3.05, 3.63) is 35.4 Å². The maximum absolute atomic E-state index is 14.6. The average molecular weight is 408 g/mol. The van der Waals surface area contributed by atoms with E-state index >= 15 is 0 Å². The van der Waals surface area contributed by atoms with E-state index in [1.807, 2.05) is 0 Å². The summed E-state index contributed by atoms with van der Waals surface area (Å²) in [7, 11) is 0. The van der Waals surface area contributed by atoms with Crippen LogP contribution in [0.25, 0.3) is 5.70 Å². The van der Waals surface area contributed by atoms with Crippen LogP contribution in [0.4, 0.5) is 4.39 Å². The predicted octanol–water partition coefficient (Wildman–Crippen LogP) is 3.51. The Kier molecular flexibility index (Phi) is 9.07. The van der Waals surface area contributed by atoms with Gasteiger partial charge in [-0.3, -0.25) is 0 Å². The highest BCUT2D eigenvalue weighted by Gasteiger charge is 2.25. The molecule has 3 N–H and O–H groups in total. The van der Waals surface area contributed by atoms with Crippen LogP contribution < -0.4 is 10.3 Å². The maximum Gasteiger partial charge on any atom is 0.156 e. The van der Waals surface area contributed by atoms with Crippen molar-refractivity contribution in [3.8, 4) is 5.75 Å². The maximum atomic E-state index is 14.6. The average Bonchev–Trinajstić information content (AvgIpc) is 2.68. The van der Waals surface area contributed by atoms with Crippen molar-refractivity contribution in [1.29, 1.82) is 5.41 Å². The number of hydrogen-bond acceptors (Lipinski definition) is 6. The van der Waals surface area contributed by atoms with Crippen LogP contribution in [0, 0.1) is 11.3 Å². The van der Waals surface area contributed by atoms with E-state index in [1.54, 1.807) is 24.3 Å². The fourth-order valence-corrected chi connectivity index (χ4v) is 3.26. The van der Waals surface area contributed by atoms with Crippen molar-refractivity contribution >= 4 is 11.9 Å². The number of rotatable bonds is 10. The second-order valence-corrected chi connectivity index (χ2v) is 7.80. The van der Waals surface area contributed by atoms with Crippen molar-refractivity contribution < 1.29 is 19.1 Å². The third kappa shape index (κ3) is 6.80. The summed E-state index contributed by atoms with van der Waals surface area (Å²) in [5, 5.41) is 17.3. The third-order valence-electron chi connectivity index (χ3n) is 4.96. The first-order valence-electron chi connectivity index (χ1n) is 10.3. The number of allylic oxidation sites excluding steroid dienone is 1. The molecule has 0 fully saturated rings. The van der Waals surface area contributed by atoms with E-state index in [9.17, 15) is 9.50 Å². The van der Waals surface area contributed by atoms with Crippen molar-refractivity contribution in [2.75, 3.05) is 39.5 Å². The molecule has 0 aliphatic carbocycles. The van der Waals surface area contributed by atoms with Crippen LogP contribution in [0.1, 0.15) is 44.7 Å². The largest absolute Gasteiger partial charge is 0.408 e. The highest BCUT2D eigenvalue weighted by Crippen LogP contribution is 2.35. The van der Waals surface area contributed by atoms with Gasteiger partial charge in [0.1, 0.15) is 5.67 Å². The first kappa shape index (κ1) is 23.3. The smallest absolute Gasteiger partial charge is 0.156 e. The minimum Gasteiger partial charge on any atom is -0.408 e. The minimum atomic E-state index is -1.48. The molecule has 29 heavy (non-hydrogen) atoms. The fraction of sp³-hybridized carbons (Fsp3) is 0.591. The molecule has 1 aliphatic rings. The Morgan fingerprint density at radius 3 is 2.90 bits per heavy atom. The summed E-state index contributed by atoms with van der Waals surface area (Å²) in [5.74, 6) is 0.647. The summed E-state index contributed by atoms with van der Waals surface area (Å²) in [6.07, 6.45) is 4.65. The summed E-state index contributed by atoms with van der Waals surface area (Å²) < 4.78 is 20.2. The first-order valence-corrected chi connectivity index (χ1v) is 10.3. The van der Waals surface area contributed by atoms with E-state index in [1.165, 1.54) is 20.1 Å². The van der Waals surface area contributed by atoms with Gasteiger partial charge in [0.2, 0.25) is 0 Å². The lowest BCUT2D eigenvalue weighted by atomic mass is 9.95. The van der Waals surface area contributed by atoms with Crippen molar-refractivity contribution in [2.45, 2.75) is 39.3 Å². The Hall–Kier alpha value is -1.96. The van der Waals surface area contributed by atoms with Crippen LogP contribution in [0.2, 0.25) is 0 Å². The van der Waals surface area contributed by atoms with Gasteiger partial charge in [0, 0.05) is 56.2 Å². The molecular formula is C22H34FN3O3. The second kappa shape index (κ2) is 11.3. The number of benzene rings is 1. The molecule has 0 amide bonds. The normalized spacial score (nSPS) is 17.3. The second-order valence-electron chi connectivity index (χ2n) is 7.80. The summed E-state index contributed by atoms with van der Waals surface area (Å²) in [6, 6.07) is 5.27. The van der Waals surface area contributed by atoms with Crippen LogP contribution in [0.5, 0.6) is 5.75 Å². The quantitative estimate of drug-likeness (QED) is 0.409. The van der Waals surface area contributed by atoms with Gasteiger partial charge in [-0.1, -0.05) is 13.0 Å². The van der Waals surface area contributed by atoms with Crippen LogP contribution in [-0.2, 0) is 10.4 Å². The van der Waals surface area contributed by atoms with Gasteiger partial charge in [-0.25, -0.2) is 4.39 Å². The predicted molar refractivity (Wildman–Crippen MR) is 114 cm³/mol. The molecule has 1 unspecified atom stereocenters. The Balaban J connectivity index is 2.26. The van der Waals surface area contributed by atoms with Crippen LogP contribution in [0.3, 0.4) is 0 Å². The zero-order chi connectivity index (χ0) is 21.3. The van der Waals surface area contributed by atoms with E-state index in [0.717, 1.165) is 24.1 Å². The SMILES string of the molecule is CCCOCC(CO)CCN1CCNOc2ccc(C(C)(C)F)cc2/C1=C/C=N. The standard InChI is InChI=1S/C22H34FN3O3/c1-4-13-28-16-17(15-27)8-11-26-12-10-25-29-21-6-5-18(22(2,3)23)14-19(21)20(26)7-9-24/h5-7,9,14,17,24-25,27H,4,8,10-13,15-16H2,1-3H3/b20-7-,24-9?. The Labute approximate surface area is 173 Å². The van der Waals surface area contributed by atoms with Gasteiger partial charge in [-0.15, -0.1) is 0 Å². The fourth-order valence-electron chi connectivity index (χ4n) is 3.26. The molecule has 0 aromatic heterocycles. The number of hydrogen-bond donors (Lipinski definition) is 3. The number of aliphatic hydroxyl groups excluding tert-OH is 1. The van der Waals surface area contributed by atoms with E-state index in [4.69, 9.17) is 15.0 Å². The van der Waals surface area contributed by atoms with Crippen molar-refractivity contribution in [3.63, 3.8) is 0 Å². The molecule has 0 bridgehead atoms. The van der Waals surface area contributed by atoms with Crippen LogP contribution in [-0.4, -0.2) is 55.7 Å². The lowest BCUT2D eigenvalue weighted by molar-refractivity contribution is 0.0664. The molecule has 1 aromatic rings. The van der Waals surface area contributed by atoms with Gasteiger partial charge >= 0.3 is 0 Å². The molecule has 0 saturated heterocycles. The summed E-state index contributed by atoms with van der Waals surface area (Å²) in [6.45, 7) is 8.34. The zero-order valence-electron chi connectivity index (χ0n) is 17.7. The van der Waals surface area contributed by atoms with E-state index in [-0.39, 0.29) is 12.5 Å². The number of nitrogens with one attached hydrogen (secondary N) is 2. The number of alkyl halides is 1. The minimum absolute atomic E-state index is 0.0491. The third-order valence-corrected chi connectivity index (χ3v) is 4.96. The summed E-state index contributed by atoms with van der Waals surface area (Å²) in [5.41, 5.74) is 3.57. The Morgan fingerprint density at radius 1 is 1.45 bits per heavy atom. The molecule has 2 rings (SSSR count). The first-order chi connectivity index (χ1) is 13.9. The number of ether oxygens (including phenoxy) is 1. The van der Waals surface area contributed by atoms with Gasteiger partial charge < -0.3 is 25.0 Å². The van der Waals surface area contributed by atoms with Crippen molar-refractivity contribution in [2.24, 2.45) is 5.92 Å². The van der Waals surface area contributed by atoms with Crippen molar-refractivity contribution in [1.82, 2.24) is 10.4 Å². The number of hydroxylamine groups is 1. The van der Waals surface area contributed by atoms with Gasteiger partial charge in [-0.2, -0.15) is 5.48 Å². The number of aliphatic hydroxyl groups is 1. The van der Waals surface area contributed by atoms with E-state index in [0.29, 0.717) is 44.2 Å².